The average Bonchev–Trinajstić information content (AvgIpc) is 2.21. The van der Waals surface area contributed by atoms with Crippen molar-refractivity contribution in [1.29, 1.82) is 0 Å². The molecule has 3 N–H and O–H groups in total. The number of aryl methyl sites for hydroxylation is 1. The minimum atomic E-state index is -0.881. The first-order chi connectivity index (χ1) is 7.06. The van der Waals surface area contributed by atoms with Crippen molar-refractivity contribution in [1.82, 2.24) is 5.32 Å². The summed E-state index contributed by atoms with van der Waals surface area (Å²) in [7, 11) is 1.73. The van der Waals surface area contributed by atoms with Gasteiger partial charge in [-0.15, -0.1) is 0 Å². The number of aliphatic hydroxyl groups excluding tert-OH is 2. The Labute approximate surface area is 94.7 Å². The van der Waals surface area contributed by atoms with Gasteiger partial charge in [0.1, 0.15) is 6.10 Å². The van der Waals surface area contributed by atoms with Crippen LogP contribution in [0.1, 0.15) is 17.2 Å². The summed E-state index contributed by atoms with van der Waals surface area (Å²) >= 11 is 5.87. The van der Waals surface area contributed by atoms with Gasteiger partial charge in [0.2, 0.25) is 0 Å². The van der Waals surface area contributed by atoms with Crippen molar-refractivity contribution in [3.05, 3.63) is 34.3 Å². The topological polar surface area (TPSA) is 52.5 Å². The maximum atomic E-state index is 9.80. The molecule has 0 bridgehead atoms. The molecule has 2 unspecified atom stereocenters. The van der Waals surface area contributed by atoms with Crippen molar-refractivity contribution < 1.29 is 10.2 Å². The third-order valence-electron chi connectivity index (χ3n) is 2.30. The predicted molar refractivity (Wildman–Crippen MR) is 61.1 cm³/mol. The van der Waals surface area contributed by atoms with Gasteiger partial charge in [-0.3, -0.25) is 0 Å². The molecule has 0 heterocycles. The Morgan fingerprint density at radius 3 is 2.60 bits per heavy atom. The number of likely N-dealkylation sites (N-methyl/N-ethyl adjacent to an activating group) is 1. The van der Waals surface area contributed by atoms with Crippen molar-refractivity contribution in [2.45, 2.75) is 19.1 Å². The van der Waals surface area contributed by atoms with Gasteiger partial charge >= 0.3 is 0 Å². The molecular formula is C11H16ClNO2. The first-order valence-electron chi connectivity index (χ1n) is 4.83. The lowest BCUT2D eigenvalue weighted by Gasteiger charge is -2.18. The van der Waals surface area contributed by atoms with Gasteiger partial charge in [-0.2, -0.15) is 0 Å². The fraction of sp³-hybridized carbons (Fsp3) is 0.455. The molecule has 0 radical (unpaired) electrons. The summed E-state index contributed by atoms with van der Waals surface area (Å²) in [5, 5.41) is 22.9. The minimum absolute atomic E-state index is 0.350. The number of nitrogens with one attached hydrogen (secondary N) is 1. The molecule has 0 aliphatic carbocycles. The van der Waals surface area contributed by atoms with Gasteiger partial charge in [0.15, 0.2) is 0 Å². The largest absolute Gasteiger partial charge is 0.389 e. The van der Waals surface area contributed by atoms with Crippen molar-refractivity contribution in [2.75, 3.05) is 13.6 Å². The zero-order valence-electron chi connectivity index (χ0n) is 8.87. The fourth-order valence-electron chi connectivity index (χ4n) is 1.39. The van der Waals surface area contributed by atoms with Crippen LogP contribution in [-0.2, 0) is 0 Å². The molecule has 0 amide bonds. The van der Waals surface area contributed by atoms with Crippen LogP contribution in [0.3, 0.4) is 0 Å². The van der Waals surface area contributed by atoms with Crippen LogP contribution in [0.15, 0.2) is 18.2 Å². The molecule has 0 fully saturated rings. The van der Waals surface area contributed by atoms with Crippen LogP contribution in [0.2, 0.25) is 5.02 Å². The number of benzene rings is 1. The molecule has 4 heteroatoms. The summed E-state index contributed by atoms with van der Waals surface area (Å²) in [5.74, 6) is 0. The van der Waals surface area contributed by atoms with Crippen LogP contribution in [0.5, 0.6) is 0 Å². The zero-order valence-corrected chi connectivity index (χ0v) is 9.62. The first-order valence-corrected chi connectivity index (χ1v) is 5.21. The maximum absolute atomic E-state index is 9.80. The van der Waals surface area contributed by atoms with E-state index in [1.807, 2.05) is 6.92 Å². The van der Waals surface area contributed by atoms with Gasteiger partial charge in [-0.1, -0.05) is 23.7 Å². The van der Waals surface area contributed by atoms with Crippen LogP contribution < -0.4 is 5.32 Å². The molecule has 1 aromatic carbocycles. The molecule has 0 aliphatic heterocycles. The minimum Gasteiger partial charge on any atom is -0.389 e. The summed E-state index contributed by atoms with van der Waals surface area (Å²) in [6, 6.07) is 5.23. The highest BCUT2D eigenvalue weighted by Gasteiger charge is 2.17. The molecule has 2 atom stereocenters. The van der Waals surface area contributed by atoms with E-state index in [-0.39, 0.29) is 0 Å². The lowest BCUT2D eigenvalue weighted by molar-refractivity contribution is 0.0202. The second-order valence-electron chi connectivity index (χ2n) is 3.58. The van der Waals surface area contributed by atoms with Gasteiger partial charge in [0, 0.05) is 11.6 Å². The molecule has 84 valence electrons. The summed E-state index contributed by atoms with van der Waals surface area (Å²) in [5.41, 5.74) is 1.57. The summed E-state index contributed by atoms with van der Waals surface area (Å²) < 4.78 is 0. The van der Waals surface area contributed by atoms with Gasteiger partial charge in [0.05, 0.1) is 6.10 Å². The molecule has 1 rings (SSSR count). The van der Waals surface area contributed by atoms with Crippen LogP contribution in [0.25, 0.3) is 0 Å². The summed E-state index contributed by atoms with van der Waals surface area (Å²) in [6.45, 7) is 2.21. The Balaban J connectivity index is 2.81. The molecule has 1 aromatic rings. The Bertz CT molecular complexity index is 330. The summed E-state index contributed by atoms with van der Waals surface area (Å²) in [4.78, 5) is 0. The number of halogens is 1. The van der Waals surface area contributed by atoms with E-state index in [9.17, 15) is 10.2 Å². The van der Waals surface area contributed by atoms with Gasteiger partial charge in [-0.25, -0.2) is 0 Å². The van der Waals surface area contributed by atoms with Crippen molar-refractivity contribution in [3.8, 4) is 0 Å². The Morgan fingerprint density at radius 2 is 2.07 bits per heavy atom. The van der Waals surface area contributed by atoms with Gasteiger partial charge < -0.3 is 15.5 Å². The second-order valence-corrected chi connectivity index (χ2v) is 3.99. The fourth-order valence-corrected chi connectivity index (χ4v) is 1.51. The van der Waals surface area contributed by atoms with Crippen molar-refractivity contribution >= 4 is 11.6 Å². The Morgan fingerprint density at radius 1 is 1.40 bits per heavy atom. The second kappa shape index (κ2) is 5.47. The standard InChI is InChI=1S/C11H16ClNO2/c1-7-5-8(3-4-9(7)12)11(15)10(14)6-13-2/h3-5,10-11,13-15H,6H2,1-2H3. The van der Waals surface area contributed by atoms with E-state index in [1.165, 1.54) is 0 Å². The van der Waals surface area contributed by atoms with Crippen molar-refractivity contribution in [3.63, 3.8) is 0 Å². The van der Waals surface area contributed by atoms with Gasteiger partial charge in [-0.05, 0) is 31.2 Å². The monoisotopic (exact) mass is 229 g/mol. The van der Waals surface area contributed by atoms with Crippen LogP contribution in [0, 0.1) is 6.92 Å². The lowest BCUT2D eigenvalue weighted by Crippen LogP contribution is -2.29. The van der Waals surface area contributed by atoms with Crippen LogP contribution >= 0.6 is 11.6 Å². The van der Waals surface area contributed by atoms with E-state index in [4.69, 9.17) is 11.6 Å². The average molecular weight is 230 g/mol. The SMILES string of the molecule is CNCC(O)C(O)c1ccc(Cl)c(C)c1. The lowest BCUT2D eigenvalue weighted by atomic mass is 10.0. The number of hydrogen-bond donors (Lipinski definition) is 3. The molecule has 0 spiro atoms. The number of hydrogen-bond acceptors (Lipinski definition) is 3. The highest BCUT2D eigenvalue weighted by Crippen LogP contribution is 2.22. The van der Waals surface area contributed by atoms with Crippen LogP contribution in [0.4, 0.5) is 0 Å². The third-order valence-corrected chi connectivity index (χ3v) is 2.73. The van der Waals surface area contributed by atoms with Crippen LogP contribution in [-0.4, -0.2) is 29.9 Å². The zero-order chi connectivity index (χ0) is 11.4. The molecule has 15 heavy (non-hydrogen) atoms. The van der Waals surface area contributed by atoms with E-state index in [1.54, 1.807) is 25.2 Å². The molecule has 0 saturated heterocycles. The number of aliphatic hydroxyl groups is 2. The third kappa shape index (κ3) is 3.18. The molecule has 0 saturated carbocycles. The predicted octanol–water partition coefficient (Wildman–Crippen LogP) is 1.26. The molecular weight excluding hydrogens is 214 g/mol. The first kappa shape index (κ1) is 12.5. The summed E-state index contributed by atoms with van der Waals surface area (Å²) in [6.07, 6.45) is -1.69. The van der Waals surface area contributed by atoms with E-state index in [2.05, 4.69) is 5.32 Å². The molecule has 0 aliphatic rings. The van der Waals surface area contributed by atoms with E-state index < -0.39 is 12.2 Å². The normalized spacial score (nSPS) is 15.0. The Kier molecular flexibility index (Phi) is 4.54. The van der Waals surface area contributed by atoms with Crippen molar-refractivity contribution in [2.24, 2.45) is 0 Å². The van der Waals surface area contributed by atoms with E-state index >= 15 is 0 Å². The quantitative estimate of drug-likeness (QED) is 0.729. The van der Waals surface area contributed by atoms with E-state index in [0.717, 1.165) is 5.56 Å². The molecule has 0 aromatic heterocycles. The maximum Gasteiger partial charge on any atom is 0.106 e. The Hall–Kier alpha value is -0.610. The molecule has 3 nitrogen and oxygen atoms in total. The smallest absolute Gasteiger partial charge is 0.106 e. The van der Waals surface area contributed by atoms with Gasteiger partial charge in [0.25, 0.3) is 0 Å². The number of rotatable bonds is 4. The highest BCUT2D eigenvalue weighted by atomic mass is 35.5. The van der Waals surface area contributed by atoms with E-state index in [0.29, 0.717) is 17.1 Å². The highest BCUT2D eigenvalue weighted by molar-refractivity contribution is 6.31.